The summed E-state index contributed by atoms with van der Waals surface area (Å²) in [7, 11) is 1.86. The number of nitrogens with zero attached hydrogens (tertiary/aromatic N) is 7. The van der Waals surface area contributed by atoms with E-state index in [0.29, 0.717) is 17.9 Å². The first kappa shape index (κ1) is 18.3. The van der Waals surface area contributed by atoms with E-state index in [1.165, 1.54) is 0 Å². The van der Waals surface area contributed by atoms with Crippen LogP contribution in [0.5, 0.6) is 0 Å². The molecule has 0 aliphatic carbocycles. The van der Waals surface area contributed by atoms with E-state index < -0.39 is 0 Å². The minimum absolute atomic E-state index is 0.0376. The zero-order valence-corrected chi connectivity index (χ0v) is 16.6. The Balaban J connectivity index is 1.49. The van der Waals surface area contributed by atoms with Gasteiger partial charge in [0.25, 0.3) is 0 Å². The maximum Gasteiger partial charge on any atom is 0.335 e. The van der Waals surface area contributed by atoms with E-state index in [1.54, 1.807) is 17.0 Å². The second kappa shape index (κ2) is 7.28. The van der Waals surface area contributed by atoms with E-state index in [1.807, 2.05) is 58.6 Å². The quantitative estimate of drug-likeness (QED) is 0.525. The summed E-state index contributed by atoms with van der Waals surface area (Å²) in [5, 5.41) is 9.14. The molecule has 30 heavy (non-hydrogen) atoms. The van der Waals surface area contributed by atoms with Crippen molar-refractivity contribution in [3.8, 4) is 11.8 Å². The molecule has 1 aromatic carbocycles. The Morgan fingerprint density at radius 3 is 2.77 bits per heavy atom. The lowest BCUT2D eigenvalue weighted by atomic mass is 10.2. The van der Waals surface area contributed by atoms with Gasteiger partial charge >= 0.3 is 5.69 Å². The van der Waals surface area contributed by atoms with Gasteiger partial charge in [-0.15, -0.1) is 0 Å². The summed E-state index contributed by atoms with van der Waals surface area (Å²) in [6, 6.07) is 15.7. The van der Waals surface area contributed by atoms with Gasteiger partial charge in [-0.2, -0.15) is 5.26 Å². The molecule has 4 aromatic rings. The second-order valence-electron chi connectivity index (χ2n) is 7.58. The molecule has 0 radical (unpaired) electrons. The molecule has 1 fully saturated rings. The molecule has 0 saturated carbocycles. The van der Waals surface area contributed by atoms with Crippen molar-refractivity contribution in [2.24, 2.45) is 7.05 Å². The second-order valence-corrected chi connectivity index (χ2v) is 7.58. The predicted molar refractivity (Wildman–Crippen MR) is 112 cm³/mol. The predicted octanol–water partition coefficient (Wildman–Crippen LogP) is 2.24. The summed E-state index contributed by atoms with van der Waals surface area (Å²) in [6.45, 7) is 2.24. The van der Waals surface area contributed by atoms with Gasteiger partial charge in [-0.25, -0.2) is 14.8 Å². The average Bonchev–Trinajstić information content (AvgIpc) is 3.45. The molecule has 0 bridgehead atoms. The van der Waals surface area contributed by atoms with Crippen LogP contribution in [0.1, 0.15) is 24.0 Å². The van der Waals surface area contributed by atoms with Gasteiger partial charge in [0.05, 0.1) is 30.0 Å². The highest BCUT2D eigenvalue weighted by Gasteiger charge is 2.29. The Kier molecular flexibility index (Phi) is 4.45. The maximum atomic E-state index is 13.5. The fraction of sp³-hybridized carbons (Fsp3) is 0.273. The largest absolute Gasteiger partial charge is 0.335 e. The molecule has 150 valence electrons. The standard InChI is InChI=1S/C22H21N7O/c1-26-18(12-23)13-25-20(26)15-27-11-9-17(14-27)29-21-19(8-5-10-24-21)28(22(29)30)16-6-3-2-4-7-16/h2-8,10,13,17H,9,11,14-15H2,1H3. The van der Waals surface area contributed by atoms with Crippen molar-refractivity contribution in [1.82, 2.24) is 28.6 Å². The fourth-order valence-corrected chi connectivity index (χ4v) is 4.27. The Hall–Kier alpha value is -3.70. The van der Waals surface area contributed by atoms with Crippen LogP contribution in [0.3, 0.4) is 0 Å². The van der Waals surface area contributed by atoms with Crippen LogP contribution in [0.2, 0.25) is 0 Å². The lowest BCUT2D eigenvalue weighted by Crippen LogP contribution is -2.29. The molecule has 0 spiro atoms. The number of fused-ring (bicyclic) bond motifs is 1. The number of hydrogen-bond acceptors (Lipinski definition) is 5. The fourth-order valence-electron chi connectivity index (χ4n) is 4.27. The molecule has 1 aliphatic rings. The molecule has 0 amide bonds. The molecule has 1 unspecified atom stereocenters. The molecule has 4 heterocycles. The summed E-state index contributed by atoms with van der Waals surface area (Å²) >= 11 is 0. The number of benzene rings is 1. The number of rotatable bonds is 4. The number of nitriles is 1. The topological polar surface area (TPSA) is 84.7 Å². The first-order valence-electron chi connectivity index (χ1n) is 9.94. The van der Waals surface area contributed by atoms with Crippen molar-refractivity contribution in [3.05, 3.63) is 76.9 Å². The summed E-state index contributed by atoms with van der Waals surface area (Å²) < 4.78 is 5.40. The molecule has 0 N–H and O–H groups in total. The summed E-state index contributed by atoms with van der Waals surface area (Å²) in [5.74, 6) is 0.851. The van der Waals surface area contributed by atoms with Gasteiger partial charge in [0.15, 0.2) is 5.65 Å². The van der Waals surface area contributed by atoms with Crippen molar-refractivity contribution in [2.75, 3.05) is 13.1 Å². The Labute approximate surface area is 173 Å². The number of hydrogen-bond donors (Lipinski definition) is 0. The Bertz CT molecular complexity index is 1310. The van der Waals surface area contributed by atoms with Crippen molar-refractivity contribution in [3.63, 3.8) is 0 Å². The van der Waals surface area contributed by atoms with Gasteiger partial charge in [0.2, 0.25) is 0 Å². The lowest BCUT2D eigenvalue weighted by molar-refractivity contribution is 0.304. The van der Waals surface area contributed by atoms with Crippen LogP contribution in [-0.2, 0) is 13.6 Å². The van der Waals surface area contributed by atoms with Crippen LogP contribution in [0, 0.1) is 11.3 Å². The molecule has 1 saturated heterocycles. The van der Waals surface area contributed by atoms with Crippen molar-refractivity contribution in [1.29, 1.82) is 5.26 Å². The van der Waals surface area contributed by atoms with Gasteiger partial charge in [0.1, 0.15) is 17.6 Å². The average molecular weight is 399 g/mol. The molecule has 8 nitrogen and oxygen atoms in total. The highest BCUT2D eigenvalue weighted by atomic mass is 16.2. The third-order valence-electron chi connectivity index (χ3n) is 5.82. The van der Waals surface area contributed by atoms with E-state index in [0.717, 1.165) is 36.5 Å². The normalized spacial score (nSPS) is 16.9. The smallest absolute Gasteiger partial charge is 0.322 e. The molecule has 1 atom stereocenters. The Morgan fingerprint density at radius 2 is 2.00 bits per heavy atom. The van der Waals surface area contributed by atoms with Crippen molar-refractivity contribution < 1.29 is 0 Å². The van der Waals surface area contributed by atoms with E-state index in [4.69, 9.17) is 5.26 Å². The molecule has 3 aromatic heterocycles. The summed E-state index contributed by atoms with van der Waals surface area (Å²) in [4.78, 5) is 24.6. The minimum atomic E-state index is -0.0643. The van der Waals surface area contributed by atoms with Crippen LogP contribution in [0.4, 0.5) is 0 Å². The monoisotopic (exact) mass is 399 g/mol. The third-order valence-corrected chi connectivity index (χ3v) is 5.82. The highest BCUT2D eigenvalue weighted by Crippen LogP contribution is 2.26. The number of imidazole rings is 2. The minimum Gasteiger partial charge on any atom is -0.322 e. The molecule has 1 aliphatic heterocycles. The van der Waals surface area contributed by atoms with Crippen LogP contribution in [0.15, 0.2) is 59.7 Å². The van der Waals surface area contributed by atoms with E-state index >= 15 is 0 Å². The zero-order chi connectivity index (χ0) is 20.7. The summed E-state index contributed by atoms with van der Waals surface area (Å²) in [6.07, 6.45) is 4.20. The van der Waals surface area contributed by atoms with Gasteiger partial charge in [-0.3, -0.25) is 14.0 Å². The van der Waals surface area contributed by atoms with Crippen LogP contribution in [-0.4, -0.2) is 41.7 Å². The number of aromatic nitrogens is 5. The summed E-state index contributed by atoms with van der Waals surface area (Å²) in [5.41, 5.74) is 2.85. The third kappa shape index (κ3) is 2.91. The van der Waals surface area contributed by atoms with Gasteiger partial charge in [-0.05, 0) is 30.7 Å². The number of pyridine rings is 1. The van der Waals surface area contributed by atoms with Crippen molar-refractivity contribution in [2.45, 2.75) is 19.0 Å². The zero-order valence-electron chi connectivity index (χ0n) is 16.6. The van der Waals surface area contributed by atoms with Crippen molar-refractivity contribution >= 4 is 11.2 Å². The molecule has 5 rings (SSSR count). The number of likely N-dealkylation sites (tertiary alicyclic amines) is 1. The van der Waals surface area contributed by atoms with E-state index in [2.05, 4.69) is 20.9 Å². The Morgan fingerprint density at radius 1 is 1.17 bits per heavy atom. The van der Waals surface area contributed by atoms with Gasteiger partial charge < -0.3 is 4.57 Å². The van der Waals surface area contributed by atoms with E-state index in [9.17, 15) is 4.79 Å². The lowest BCUT2D eigenvalue weighted by Gasteiger charge is -2.16. The molecular formula is C22H21N7O. The van der Waals surface area contributed by atoms with Crippen LogP contribution < -0.4 is 5.69 Å². The molecular weight excluding hydrogens is 378 g/mol. The number of para-hydroxylation sites is 1. The molecule has 8 heteroatoms. The van der Waals surface area contributed by atoms with Gasteiger partial charge in [-0.1, -0.05) is 18.2 Å². The van der Waals surface area contributed by atoms with Crippen LogP contribution in [0.25, 0.3) is 16.9 Å². The van der Waals surface area contributed by atoms with Gasteiger partial charge in [0, 0.05) is 26.3 Å². The first-order chi connectivity index (χ1) is 14.7. The first-order valence-corrected chi connectivity index (χ1v) is 9.94. The maximum absolute atomic E-state index is 13.5. The van der Waals surface area contributed by atoms with Crippen LogP contribution >= 0.6 is 0 Å². The van der Waals surface area contributed by atoms with E-state index in [-0.39, 0.29) is 11.7 Å². The highest BCUT2D eigenvalue weighted by molar-refractivity contribution is 5.74. The SMILES string of the molecule is Cn1c(C#N)cnc1CN1CCC(n2c(=O)n(-c3ccccc3)c3cccnc32)C1.